The monoisotopic (exact) mass is 340 g/mol. The largest absolute Gasteiger partial charge is 0.226 e. The molecule has 0 aliphatic carbocycles. The first-order chi connectivity index (χ1) is 9.97. The highest BCUT2D eigenvalue weighted by Gasteiger charge is 2.15. The smallest absolute Gasteiger partial charge is 0.164 e. The molecule has 0 atom stereocenters. The molecule has 0 saturated heterocycles. The maximum Gasteiger partial charge on any atom is 0.164 e. The normalized spacial score (nSPS) is 11.1. The van der Waals surface area contributed by atoms with Gasteiger partial charge >= 0.3 is 0 Å². The van der Waals surface area contributed by atoms with Crippen LogP contribution in [0.2, 0.25) is 15.2 Å². The highest BCUT2D eigenvalue weighted by atomic mass is 35.5. The molecular formula is C15H8Cl3FN2. The van der Waals surface area contributed by atoms with Crippen LogP contribution < -0.4 is 0 Å². The molecule has 21 heavy (non-hydrogen) atoms. The number of fused-ring (bicyclic) bond motifs is 1. The molecule has 0 spiro atoms. The predicted molar refractivity (Wildman–Crippen MR) is 84.7 cm³/mol. The van der Waals surface area contributed by atoms with Crippen LogP contribution in [0.3, 0.4) is 0 Å². The van der Waals surface area contributed by atoms with Gasteiger partial charge in [-0.15, -0.1) is 0 Å². The van der Waals surface area contributed by atoms with Gasteiger partial charge in [0.15, 0.2) is 5.82 Å². The first kappa shape index (κ1) is 14.5. The van der Waals surface area contributed by atoms with Crippen molar-refractivity contribution in [2.24, 2.45) is 0 Å². The second kappa shape index (κ2) is 5.41. The molecule has 6 heteroatoms. The molecule has 0 bridgehead atoms. The van der Waals surface area contributed by atoms with Crippen molar-refractivity contribution in [2.75, 3.05) is 0 Å². The van der Waals surface area contributed by atoms with Crippen LogP contribution >= 0.6 is 34.8 Å². The zero-order chi connectivity index (χ0) is 15.1. The maximum absolute atomic E-state index is 14.1. The van der Waals surface area contributed by atoms with Crippen LogP contribution in [0.25, 0.3) is 22.3 Å². The number of nitrogens with zero attached hydrogens (tertiary/aromatic N) is 2. The van der Waals surface area contributed by atoms with Gasteiger partial charge in [-0.2, -0.15) is 0 Å². The molecule has 0 amide bonds. The Morgan fingerprint density at radius 3 is 2.38 bits per heavy atom. The van der Waals surface area contributed by atoms with Gasteiger partial charge in [-0.3, -0.25) is 0 Å². The Labute approximate surface area is 135 Å². The molecule has 0 N–H and O–H groups in total. The van der Waals surface area contributed by atoms with Gasteiger partial charge < -0.3 is 0 Å². The second-order valence-electron chi connectivity index (χ2n) is 4.57. The Hall–Kier alpha value is -1.42. The summed E-state index contributed by atoms with van der Waals surface area (Å²) in [5, 5.41) is 1.38. The lowest BCUT2D eigenvalue weighted by Gasteiger charge is -2.08. The number of benzene rings is 2. The van der Waals surface area contributed by atoms with Crippen molar-refractivity contribution in [1.82, 2.24) is 9.97 Å². The Bertz CT molecular complexity index is 865. The third kappa shape index (κ3) is 2.57. The fourth-order valence-electron chi connectivity index (χ4n) is 2.05. The van der Waals surface area contributed by atoms with E-state index in [0.29, 0.717) is 20.9 Å². The minimum Gasteiger partial charge on any atom is -0.226 e. The topological polar surface area (TPSA) is 25.8 Å². The number of rotatable bonds is 1. The van der Waals surface area contributed by atoms with E-state index in [1.54, 1.807) is 31.2 Å². The summed E-state index contributed by atoms with van der Waals surface area (Å²) < 4.78 is 14.1. The lowest BCUT2D eigenvalue weighted by molar-refractivity contribution is 0.629. The van der Waals surface area contributed by atoms with Crippen LogP contribution in [0, 0.1) is 12.7 Å². The van der Waals surface area contributed by atoms with E-state index in [0.717, 1.165) is 5.56 Å². The van der Waals surface area contributed by atoms with Crippen molar-refractivity contribution in [3.05, 3.63) is 56.9 Å². The summed E-state index contributed by atoms with van der Waals surface area (Å²) in [4.78, 5) is 8.44. The van der Waals surface area contributed by atoms with Gasteiger partial charge in [-0.1, -0.05) is 40.9 Å². The minimum atomic E-state index is -0.413. The van der Waals surface area contributed by atoms with E-state index in [-0.39, 0.29) is 16.5 Å². The van der Waals surface area contributed by atoms with Crippen LogP contribution in [-0.2, 0) is 0 Å². The fourth-order valence-corrected chi connectivity index (χ4v) is 2.81. The Morgan fingerprint density at radius 2 is 1.67 bits per heavy atom. The third-order valence-corrected chi connectivity index (χ3v) is 3.96. The molecule has 0 unspecified atom stereocenters. The molecule has 0 aliphatic heterocycles. The summed E-state index contributed by atoms with van der Waals surface area (Å²) in [5.74, 6) is -0.238. The number of hydrogen-bond donors (Lipinski definition) is 0. The molecule has 106 valence electrons. The lowest BCUT2D eigenvalue weighted by Crippen LogP contribution is -1.95. The van der Waals surface area contributed by atoms with E-state index < -0.39 is 5.82 Å². The highest BCUT2D eigenvalue weighted by Crippen LogP contribution is 2.34. The van der Waals surface area contributed by atoms with Gasteiger partial charge in [0.05, 0.1) is 26.5 Å². The first-order valence-electron chi connectivity index (χ1n) is 6.05. The average molecular weight is 342 g/mol. The zero-order valence-corrected chi connectivity index (χ0v) is 13.1. The summed E-state index contributed by atoms with van der Waals surface area (Å²) in [6.45, 7) is 1.80. The fraction of sp³-hybridized carbons (Fsp3) is 0.0667. The summed E-state index contributed by atoms with van der Waals surface area (Å²) in [5.41, 5.74) is 1.48. The Kier molecular flexibility index (Phi) is 3.74. The quantitative estimate of drug-likeness (QED) is 0.530. The number of halogens is 4. The maximum atomic E-state index is 14.1. The first-order valence-corrected chi connectivity index (χ1v) is 7.18. The van der Waals surface area contributed by atoms with E-state index in [9.17, 15) is 4.39 Å². The van der Waals surface area contributed by atoms with Crippen molar-refractivity contribution < 1.29 is 4.39 Å². The summed E-state index contributed by atoms with van der Waals surface area (Å²) in [6.07, 6.45) is 0. The zero-order valence-electron chi connectivity index (χ0n) is 10.8. The van der Waals surface area contributed by atoms with Gasteiger partial charge in [-0.05, 0) is 36.8 Å². The van der Waals surface area contributed by atoms with Gasteiger partial charge in [0.2, 0.25) is 0 Å². The van der Waals surface area contributed by atoms with Crippen LogP contribution in [0.1, 0.15) is 5.56 Å². The molecule has 3 rings (SSSR count). The van der Waals surface area contributed by atoms with Crippen molar-refractivity contribution >= 4 is 45.7 Å². The molecule has 0 fully saturated rings. The highest BCUT2D eigenvalue weighted by molar-refractivity contribution is 6.44. The standard InChI is InChI=1S/C15H8Cl3FN2/c1-7-2-3-8(11(19)6-7)15-20-13-10(17)5-4-9(16)12(13)14(18)21-15/h2-6H,1H3. The van der Waals surface area contributed by atoms with E-state index in [1.165, 1.54) is 6.07 Å². The van der Waals surface area contributed by atoms with Crippen LogP contribution in [-0.4, -0.2) is 9.97 Å². The molecule has 1 heterocycles. The van der Waals surface area contributed by atoms with Gasteiger partial charge in [-0.25, -0.2) is 14.4 Å². The minimum absolute atomic E-state index is 0.141. The average Bonchev–Trinajstić information content (AvgIpc) is 2.42. The summed E-state index contributed by atoms with van der Waals surface area (Å²) in [7, 11) is 0. The molecule has 2 aromatic carbocycles. The number of aryl methyl sites for hydroxylation is 1. The SMILES string of the molecule is Cc1ccc(-c2nc(Cl)c3c(Cl)ccc(Cl)c3n2)c(F)c1. The van der Waals surface area contributed by atoms with Crippen LogP contribution in [0.5, 0.6) is 0 Å². The van der Waals surface area contributed by atoms with Crippen molar-refractivity contribution in [1.29, 1.82) is 0 Å². The van der Waals surface area contributed by atoms with Crippen molar-refractivity contribution in [3.63, 3.8) is 0 Å². The van der Waals surface area contributed by atoms with E-state index in [4.69, 9.17) is 34.8 Å². The van der Waals surface area contributed by atoms with Crippen LogP contribution in [0.15, 0.2) is 30.3 Å². The van der Waals surface area contributed by atoms with Crippen molar-refractivity contribution in [3.8, 4) is 11.4 Å². The molecule has 3 aromatic rings. The molecule has 1 aromatic heterocycles. The van der Waals surface area contributed by atoms with Gasteiger partial charge in [0.25, 0.3) is 0 Å². The van der Waals surface area contributed by atoms with Gasteiger partial charge in [0, 0.05) is 0 Å². The second-order valence-corrected chi connectivity index (χ2v) is 5.75. The van der Waals surface area contributed by atoms with Gasteiger partial charge in [0.1, 0.15) is 11.0 Å². The van der Waals surface area contributed by atoms with E-state index >= 15 is 0 Å². The molecular weight excluding hydrogens is 334 g/mol. The number of aromatic nitrogens is 2. The Morgan fingerprint density at radius 1 is 0.952 bits per heavy atom. The lowest BCUT2D eigenvalue weighted by atomic mass is 10.1. The number of hydrogen-bond acceptors (Lipinski definition) is 2. The van der Waals surface area contributed by atoms with E-state index in [1.807, 2.05) is 0 Å². The van der Waals surface area contributed by atoms with Crippen molar-refractivity contribution in [2.45, 2.75) is 6.92 Å². The summed E-state index contributed by atoms with van der Waals surface area (Å²) in [6, 6.07) is 8.04. The predicted octanol–water partition coefficient (Wildman–Crippen LogP) is 5.70. The van der Waals surface area contributed by atoms with Crippen LogP contribution in [0.4, 0.5) is 4.39 Å². The molecule has 2 nitrogen and oxygen atoms in total. The molecule has 0 aliphatic rings. The summed E-state index contributed by atoms with van der Waals surface area (Å²) >= 11 is 18.4. The third-order valence-electron chi connectivity index (χ3n) is 3.07. The molecule has 0 saturated carbocycles. The van der Waals surface area contributed by atoms with E-state index in [2.05, 4.69) is 9.97 Å². The Balaban J connectivity index is 2.33. The molecule has 0 radical (unpaired) electrons.